The van der Waals surface area contributed by atoms with Crippen molar-refractivity contribution in [2.75, 3.05) is 5.32 Å². The number of carbonyl (C=O) groups is 1. The van der Waals surface area contributed by atoms with Crippen LogP contribution in [0.2, 0.25) is 0 Å². The molecule has 0 bridgehead atoms. The number of hydrogen-bond acceptors (Lipinski definition) is 5. The number of alkyl halides is 2. The molecule has 0 aliphatic heterocycles. The zero-order chi connectivity index (χ0) is 18.1. The Bertz CT molecular complexity index is 900. The summed E-state index contributed by atoms with van der Waals surface area (Å²) in [6, 6.07) is 0. The van der Waals surface area contributed by atoms with Crippen LogP contribution in [-0.2, 0) is 6.54 Å². The molecule has 136 valence electrons. The van der Waals surface area contributed by atoms with E-state index in [1.165, 1.54) is 28.6 Å². The molecule has 10 heteroatoms. The van der Waals surface area contributed by atoms with Crippen LogP contribution in [0.15, 0.2) is 24.0 Å². The fourth-order valence-electron chi connectivity index (χ4n) is 2.79. The van der Waals surface area contributed by atoms with Gasteiger partial charge < -0.3 is 5.32 Å². The summed E-state index contributed by atoms with van der Waals surface area (Å²) in [6.45, 7) is 0.594. The fraction of sp³-hybridized carbons (Fsp3) is 0.375. The van der Waals surface area contributed by atoms with Gasteiger partial charge in [0.2, 0.25) is 0 Å². The summed E-state index contributed by atoms with van der Waals surface area (Å²) >= 11 is 1.28. The Labute approximate surface area is 151 Å². The van der Waals surface area contributed by atoms with Gasteiger partial charge in [0.25, 0.3) is 12.3 Å². The van der Waals surface area contributed by atoms with Gasteiger partial charge in [-0.05, 0) is 18.8 Å². The lowest BCUT2D eigenvalue weighted by Gasteiger charge is -2.24. The van der Waals surface area contributed by atoms with E-state index in [9.17, 15) is 13.6 Å². The summed E-state index contributed by atoms with van der Waals surface area (Å²) in [5.41, 5.74) is 0.541. The van der Waals surface area contributed by atoms with Gasteiger partial charge in [0, 0.05) is 29.9 Å². The topological polar surface area (TPSA) is 88.5 Å². The Balaban J connectivity index is 1.51. The number of aromatic nitrogens is 5. The summed E-state index contributed by atoms with van der Waals surface area (Å²) in [6.07, 6.45) is 5.31. The first-order chi connectivity index (χ1) is 12.6. The molecule has 0 spiro atoms. The number of aromatic amines is 1. The van der Waals surface area contributed by atoms with Crippen molar-refractivity contribution in [2.24, 2.45) is 5.92 Å². The van der Waals surface area contributed by atoms with Gasteiger partial charge >= 0.3 is 0 Å². The molecule has 0 saturated heterocycles. The Morgan fingerprint density at radius 3 is 2.96 bits per heavy atom. The molecular weight excluding hydrogens is 362 g/mol. The van der Waals surface area contributed by atoms with E-state index in [0.29, 0.717) is 17.5 Å². The van der Waals surface area contributed by atoms with Gasteiger partial charge in [-0.15, -0.1) is 11.3 Å². The lowest BCUT2D eigenvalue weighted by molar-refractivity contribution is 0.102. The van der Waals surface area contributed by atoms with Crippen molar-refractivity contribution in [3.8, 4) is 10.6 Å². The number of nitrogens with one attached hydrogen (secondary N) is 2. The van der Waals surface area contributed by atoms with Crippen LogP contribution >= 0.6 is 11.3 Å². The van der Waals surface area contributed by atoms with Crippen molar-refractivity contribution in [1.82, 2.24) is 25.0 Å². The van der Waals surface area contributed by atoms with Crippen molar-refractivity contribution in [3.63, 3.8) is 0 Å². The molecular formula is C16H16F2N6OS. The van der Waals surface area contributed by atoms with Crippen molar-refractivity contribution >= 4 is 22.9 Å². The summed E-state index contributed by atoms with van der Waals surface area (Å²) < 4.78 is 28.0. The number of thiazole rings is 1. The highest BCUT2D eigenvalue weighted by Crippen LogP contribution is 2.31. The molecule has 0 aromatic carbocycles. The van der Waals surface area contributed by atoms with Gasteiger partial charge in [0.05, 0.1) is 11.9 Å². The van der Waals surface area contributed by atoms with Crippen LogP contribution in [0.3, 0.4) is 0 Å². The van der Waals surface area contributed by atoms with Gasteiger partial charge in [-0.25, -0.2) is 13.8 Å². The predicted octanol–water partition coefficient (Wildman–Crippen LogP) is 3.72. The van der Waals surface area contributed by atoms with Gasteiger partial charge in [-0.1, -0.05) is 6.42 Å². The van der Waals surface area contributed by atoms with Gasteiger partial charge in [0.15, 0.2) is 5.69 Å². The minimum Gasteiger partial charge on any atom is -0.317 e. The molecule has 3 heterocycles. The zero-order valence-electron chi connectivity index (χ0n) is 13.7. The quantitative estimate of drug-likeness (QED) is 0.684. The molecule has 4 rings (SSSR count). The van der Waals surface area contributed by atoms with E-state index in [1.807, 2.05) is 0 Å². The second-order valence-corrected chi connectivity index (χ2v) is 7.08. The van der Waals surface area contributed by atoms with Crippen LogP contribution in [0.1, 0.15) is 41.9 Å². The molecule has 0 atom stereocenters. The Morgan fingerprint density at radius 1 is 1.46 bits per heavy atom. The first-order valence-corrected chi connectivity index (χ1v) is 9.09. The maximum atomic E-state index is 13.3. The predicted molar refractivity (Wildman–Crippen MR) is 92.2 cm³/mol. The second-order valence-electron chi connectivity index (χ2n) is 6.23. The normalized spacial score (nSPS) is 14.6. The van der Waals surface area contributed by atoms with E-state index in [0.717, 1.165) is 18.4 Å². The first-order valence-electron chi connectivity index (χ1n) is 8.21. The summed E-state index contributed by atoms with van der Waals surface area (Å²) in [5.74, 6) is -0.0684. The highest BCUT2D eigenvalue weighted by atomic mass is 32.1. The minimum atomic E-state index is -2.76. The molecule has 1 saturated carbocycles. The zero-order valence-corrected chi connectivity index (χ0v) is 14.5. The number of nitrogens with zero attached hydrogens (tertiary/aromatic N) is 4. The third-order valence-electron chi connectivity index (χ3n) is 4.40. The van der Waals surface area contributed by atoms with E-state index < -0.39 is 18.0 Å². The maximum absolute atomic E-state index is 13.3. The fourth-order valence-corrected chi connectivity index (χ4v) is 3.57. The van der Waals surface area contributed by atoms with Crippen molar-refractivity contribution in [3.05, 3.63) is 35.4 Å². The van der Waals surface area contributed by atoms with E-state index >= 15 is 0 Å². The van der Waals surface area contributed by atoms with Crippen LogP contribution in [0.4, 0.5) is 14.5 Å². The van der Waals surface area contributed by atoms with E-state index in [1.54, 1.807) is 17.8 Å². The number of H-pyrrole nitrogens is 1. The molecule has 1 aliphatic carbocycles. The summed E-state index contributed by atoms with van der Waals surface area (Å²) in [4.78, 5) is 16.6. The lowest BCUT2D eigenvalue weighted by Crippen LogP contribution is -2.18. The van der Waals surface area contributed by atoms with Crippen LogP contribution < -0.4 is 5.32 Å². The number of carbonyl (C=O) groups excluding carboxylic acids is 1. The Morgan fingerprint density at radius 2 is 2.31 bits per heavy atom. The standard InChI is InChI=1S/C16H16F2N6OS/c17-14(18)13-11(7-24(23-13)6-9-2-1-3-9)21-15(25)12-8-26-16(22-12)10-4-19-20-5-10/h4-5,7-9,14H,1-3,6H2,(H,19,20)(H,21,25). The monoisotopic (exact) mass is 378 g/mol. The van der Waals surface area contributed by atoms with Crippen molar-refractivity contribution < 1.29 is 13.6 Å². The third kappa shape index (κ3) is 3.36. The average molecular weight is 378 g/mol. The number of anilines is 1. The van der Waals surface area contributed by atoms with Crippen LogP contribution in [0, 0.1) is 5.92 Å². The average Bonchev–Trinajstić information content (AvgIpc) is 3.30. The minimum absolute atomic E-state index is 0.0298. The molecule has 0 unspecified atom stereocenters. The number of amides is 1. The van der Waals surface area contributed by atoms with Gasteiger partial charge in [-0.2, -0.15) is 10.2 Å². The molecule has 0 radical (unpaired) electrons. The van der Waals surface area contributed by atoms with Gasteiger partial charge in [0.1, 0.15) is 10.7 Å². The Hall–Kier alpha value is -2.62. The van der Waals surface area contributed by atoms with E-state index in [-0.39, 0.29) is 11.4 Å². The number of halogens is 2. The van der Waals surface area contributed by atoms with Crippen LogP contribution in [0.25, 0.3) is 10.6 Å². The highest BCUT2D eigenvalue weighted by Gasteiger charge is 2.24. The van der Waals surface area contributed by atoms with Crippen molar-refractivity contribution in [2.45, 2.75) is 32.2 Å². The number of hydrogen-bond donors (Lipinski definition) is 2. The largest absolute Gasteiger partial charge is 0.317 e. The molecule has 26 heavy (non-hydrogen) atoms. The maximum Gasteiger partial charge on any atom is 0.284 e. The SMILES string of the molecule is O=C(Nc1cn(CC2CCC2)nc1C(F)F)c1csc(-c2cn[nH]c2)n1. The van der Waals surface area contributed by atoms with Crippen LogP contribution in [0.5, 0.6) is 0 Å². The van der Waals surface area contributed by atoms with E-state index in [2.05, 4.69) is 25.6 Å². The molecule has 3 aromatic heterocycles. The molecule has 2 N–H and O–H groups in total. The summed E-state index contributed by atoms with van der Waals surface area (Å²) in [7, 11) is 0. The smallest absolute Gasteiger partial charge is 0.284 e. The van der Waals surface area contributed by atoms with Crippen molar-refractivity contribution in [1.29, 1.82) is 0 Å². The van der Waals surface area contributed by atoms with Crippen LogP contribution in [-0.4, -0.2) is 30.9 Å². The highest BCUT2D eigenvalue weighted by molar-refractivity contribution is 7.13. The lowest BCUT2D eigenvalue weighted by atomic mass is 9.85. The number of rotatable bonds is 6. The van der Waals surface area contributed by atoms with Gasteiger partial charge in [-0.3, -0.25) is 14.6 Å². The summed E-state index contributed by atoms with van der Waals surface area (Å²) in [5, 5.41) is 15.2. The molecule has 7 nitrogen and oxygen atoms in total. The third-order valence-corrected chi connectivity index (χ3v) is 5.29. The van der Waals surface area contributed by atoms with E-state index in [4.69, 9.17) is 0 Å². The first kappa shape index (κ1) is 16.8. The molecule has 1 amide bonds. The second kappa shape index (κ2) is 6.94. The molecule has 3 aromatic rings. The molecule has 1 aliphatic rings. The Kier molecular flexibility index (Phi) is 4.49. The molecule has 1 fully saturated rings.